The summed E-state index contributed by atoms with van der Waals surface area (Å²) in [6.45, 7) is 3.88. The summed E-state index contributed by atoms with van der Waals surface area (Å²) >= 11 is 0. The molecule has 5 nitrogen and oxygen atoms in total. The van der Waals surface area contributed by atoms with E-state index in [1.54, 1.807) is 12.1 Å². The third kappa shape index (κ3) is 3.50. The second-order valence-electron chi connectivity index (χ2n) is 9.12. The Morgan fingerprint density at radius 3 is 2.62 bits per heavy atom. The van der Waals surface area contributed by atoms with Crippen molar-refractivity contribution in [3.63, 3.8) is 0 Å². The molecule has 0 radical (unpaired) electrons. The molecule has 7 atom stereocenters. The van der Waals surface area contributed by atoms with Crippen LogP contribution >= 0.6 is 0 Å². The molecule has 1 saturated heterocycles. The molecule has 1 saturated carbocycles. The van der Waals surface area contributed by atoms with Crippen LogP contribution in [0.25, 0.3) is 0 Å². The van der Waals surface area contributed by atoms with Gasteiger partial charge in [0, 0.05) is 43.8 Å². The van der Waals surface area contributed by atoms with E-state index in [1.807, 2.05) is 20.9 Å². The van der Waals surface area contributed by atoms with Crippen molar-refractivity contribution in [2.75, 3.05) is 14.2 Å². The number of hydrogen-bond donors (Lipinski definition) is 1. The van der Waals surface area contributed by atoms with Crippen LogP contribution in [-0.4, -0.2) is 60.6 Å². The van der Waals surface area contributed by atoms with Crippen molar-refractivity contribution in [1.82, 2.24) is 15.3 Å². The monoisotopic (exact) mass is 409 g/mol. The smallest absolute Gasteiger partial charge is 0.267 e. The molecule has 0 aromatic rings. The minimum Gasteiger partial charge on any atom is -0.381 e. The Morgan fingerprint density at radius 1 is 1.24 bits per heavy atom. The largest absolute Gasteiger partial charge is 0.381 e. The quantitative estimate of drug-likeness (QED) is 0.775. The summed E-state index contributed by atoms with van der Waals surface area (Å²) in [5.74, 6) is -0.361. The zero-order valence-electron chi connectivity index (χ0n) is 17.8. The molecule has 1 N–H and O–H groups in total. The average Bonchev–Trinajstić information content (AvgIpc) is 3.04. The summed E-state index contributed by atoms with van der Waals surface area (Å²) < 4.78 is 34.1. The summed E-state index contributed by atoms with van der Waals surface area (Å²) in [5, 5.41) is 1.68. The highest BCUT2D eigenvalue weighted by Crippen LogP contribution is 2.45. The Morgan fingerprint density at radius 2 is 2.00 bits per heavy atom. The first-order valence-corrected chi connectivity index (χ1v) is 10.9. The van der Waals surface area contributed by atoms with Gasteiger partial charge in [-0.2, -0.15) is 0 Å². The number of ether oxygens (including phenoxy) is 1. The van der Waals surface area contributed by atoms with Crippen molar-refractivity contribution in [2.45, 2.75) is 83.0 Å². The maximum Gasteiger partial charge on any atom is 0.267 e. The van der Waals surface area contributed by atoms with E-state index in [-0.39, 0.29) is 42.5 Å². The fourth-order valence-electron chi connectivity index (χ4n) is 5.92. The molecule has 162 valence electrons. The second-order valence-corrected chi connectivity index (χ2v) is 9.12. The van der Waals surface area contributed by atoms with Crippen LogP contribution in [0, 0.1) is 11.8 Å². The number of nitrogens with one attached hydrogen (secondary N) is 1. The number of amides is 1. The van der Waals surface area contributed by atoms with E-state index in [0.29, 0.717) is 12.8 Å². The lowest BCUT2D eigenvalue weighted by Crippen LogP contribution is -2.56. The second kappa shape index (κ2) is 7.99. The molecule has 2 heterocycles. The molecule has 4 rings (SSSR count). The normalized spacial score (nSPS) is 41.0. The van der Waals surface area contributed by atoms with Crippen LogP contribution in [0.2, 0.25) is 0 Å². The van der Waals surface area contributed by atoms with Crippen molar-refractivity contribution in [3.8, 4) is 0 Å². The number of fused-ring (bicyclic) bond motifs is 1. The number of hydrazine groups is 1. The molecule has 7 unspecified atom stereocenters. The first-order chi connectivity index (χ1) is 13.8. The predicted molar refractivity (Wildman–Crippen MR) is 107 cm³/mol. The lowest BCUT2D eigenvalue weighted by Gasteiger charge is -2.46. The standard InChI is InChI=1S/C22H33F2N3O2/c1-12-20(14-5-8-16(29-4)9-6-14)26(3)21-19(13(2)25-27(21)22(12)28)17-10-7-15(23)11-18(17)24/h5,13,15-19,21,25H,6-11H2,1-4H3. The van der Waals surface area contributed by atoms with Crippen molar-refractivity contribution < 1.29 is 18.3 Å². The summed E-state index contributed by atoms with van der Waals surface area (Å²) in [5.41, 5.74) is 6.16. The number of carbonyl (C=O) groups is 1. The highest BCUT2D eigenvalue weighted by molar-refractivity contribution is 5.95. The summed E-state index contributed by atoms with van der Waals surface area (Å²) in [6, 6.07) is -0.0452. The Kier molecular flexibility index (Phi) is 5.73. The Balaban J connectivity index is 1.65. The van der Waals surface area contributed by atoms with Crippen molar-refractivity contribution in [1.29, 1.82) is 0 Å². The Labute approximate surface area is 172 Å². The predicted octanol–water partition coefficient (Wildman–Crippen LogP) is 3.49. The first kappa shape index (κ1) is 20.8. The van der Waals surface area contributed by atoms with Gasteiger partial charge in [0.05, 0.1) is 6.10 Å². The van der Waals surface area contributed by atoms with E-state index in [0.717, 1.165) is 30.5 Å². The zero-order chi connectivity index (χ0) is 20.9. The number of carbonyl (C=O) groups excluding carboxylic acids is 1. The molecular formula is C22H33F2N3O2. The SMILES string of the molecule is COC1CC=C(C2=C(C)C(=O)N3NC(C)C(C4CCC(F)CC4F)C3N2C)CC1. The highest BCUT2D eigenvalue weighted by Gasteiger charge is 2.53. The zero-order valence-corrected chi connectivity index (χ0v) is 17.8. The Hall–Kier alpha value is -1.47. The number of allylic oxidation sites excluding steroid dienone is 1. The van der Waals surface area contributed by atoms with Crippen LogP contribution in [0.15, 0.2) is 22.9 Å². The van der Waals surface area contributed by atoms with Crippen LogP contribution in [0.1, 0.15) is 52.4 Å². The molecule has 0 aromatic heterocycles. The van der Waals surface area contributed by atoms with Crippen LogP contribution in [-0.2, 0) is 9.53 Å². The van der Waals surface area contributed by atoms with Gasteiger partial charge in [-0.05, 0) is 57.4 Å². The Bertz CT molecular complexity index is 725. The fraction of sp³-hybridized carbons (Fsp3) is 0.773. The van der Waals surface area contributed by atoms with Gasteiger partial charge in [-0.25, -0.2) is 14.2 Å². The van der Waals surface area contributed by atoms with Crippen LogP contribution in [0.4, 0.5) is 8.78 Å². The third-order valence-electron chi connectivity index (χ3n) is 7.43. The summed E-state index contributed by atoms with van der Waals surface area (Å²) in [4.78, 5) is 15.4. The topological polar surface area (TPSA) is 44.8 Å². The maximum atomic E-state index is 14.9. The molecule has 29 heavy (non-hydrogen) atoms. The number of methoxy groups -OCH3 is 1. The summed E-state index contributed by atoms with van der Waals surface area (Å²) in [7, 11) is 3.74. The van der Waals surface area contributed by atoms with E-state index in [4.69, 9.17) is 4.74 Å². The van der Waals surface area contributed by atoms with Gasteiger partial charge in [0.2, 0.25) is 0 Å². The maximum absolute atomic E-state index is 14.9. The van der Waals surface area contributed by atoms with Crippen molar-refractivity contribution in [2.24, 2.45) is 11.8 Å². The lowest BCUT2D eigenvalue weighted by atomic mass is 9.74. The van der Waals surface area contributed by atoms with E-state index in [1.165, 1.54) is 5.57 Å². The van der Waals surface area contributed by atoms with Gasteiger partial charge >= 0.3 is 0 Å². The molecule has 2 fully saturated rings. The minimum atomic E-state index is -1.16. The molecule has 7 heteroatoms. The number of likely N-dealkylation sites (N-methyl/N-ethyl adjacent to an activating group) is 1. The highest BCUT2D eigenvalue weighted by atomic mass is 19.1. The van der Waals surface area contributed by atoms with Gasteiger partial charge in [0.1, 0.15) is 18.5 Å². The third-order valence-corrected chi connectivity index (χ3v) is 7.43. The number of halogens is 2. The van der Waals surface area contributed by atoms with Gasteiger partial charge < -0.3 is 9.64 Å². The van der Waals surface area contributed by atoms with E-state index in [2.05, 4.69) is 16.4 Å². The van der Waals surface area contributed by atoms with Gasteiger partial charge in [-0.15, -0.1) is 0 Å². The van der Waals surface area contributed by atoms with Gasteiger partial charge in [0.15, 0.2) is 0 Å². The molecule has 0 bridgehead atoms. The van der Waals surface area contributed by atoms with Crippen molar-refractivity contribution >= 4 is 5.91 Å². The van der Waals surface area contributed by atoms with Gasteiger partial charge in [-0.3, -0.25) is 9.80 Å². The first-order valence-electron chi connectivity index (χ1n) is 10.9. The molecule has 0 spiro atoms. The number of alkyl halides is 2. The van der Waals surface area contributed by atoms with Crippen molar-refractivity contribution in [3.05, 3.63) is 22.9 Å². The summed E-state index contributed by atoms with van der Waals surface area (Å²) in [6.07, 6.45) is 3.49. The molecule has 2 aliphatic heterocycles. The number of nitrogens with zero attached hydrogens (tertiary/aromatic N) is 2. The molecule has 0 aromatic carbocycles. The molecule has 4 aliphatic rings. The van der Waals surface area contributed by atoms with E-state index in [9.17, 15) is 13.6 Å². The average molecular weight is 410 g/mol. The molecule has 1 amide bonds. The number of hydrogen-bond acceptors (Lipinski definition) is 4. The fourth-order valence-corrected chi connectivity index (χ4v) is 5.92. The minimum absolute atomic E-state index is 0.0243. The van der Waals surface area contributed by atoms with E-state index < -0.39 is 12.3 Å². The molecule has 2 aliphatic carbocycles. The molecular weight excluding hydrogens is 376 g/mol. The van der Waals surface area contributed by atoms with Crippen LogP contribution in [0.5, 0.6) is 0 Å². The van der Waals surface area contributed by atoms with Gasteiger partial charge in [-0.1, -0.05) is 6.08 Å². The van der Waals surface area contributed by atoms with Gasteiger partial charge in [0.25, 0.3) is 5.91 Å². The lowest BCUT2D eigenvalue weighted by molar-refractivity contribution is -0.137. The number of rotatable bonds is 3. The van der Waals surface area contributed by atoms with Crippen LogP contribution < -0.4 is 5.43 Å². The van der Waals surface area contributed by atoms with Crippen LogP contribution in [0.3, 0.4) is 0 Å². The van der Waals surface area contributed by atoms with E-state index >= 15 is 0 Å².